The second-order valence-corrected chi connectivity index (χ2v) is 5.20. The van der Waals surface area contributed by atoms with Gasteiger partial charge in [-0.05, 0) is 49.0 Å². The van der Waals surface area contributed by atoms with Crippen LogP contribution >= 0.6 is 0 Å². The van der Waals surface area contributed by atoms with Gasteiger partial charge in [0.2, 0.25) is 0 Å². The standard InChI is InChI=1S/C15H20N2O/c18-15(11-17-8-2-1-3-9-17)13-5-4-12-6-7-16-14(12)10-13/h4-7,10,15-16,18H,1-3,8-9,11H2/t15-/m0/s1. The van der Waals surface area contributed by atoms with Gasteiger partial charge in [-0.2, -0.15) is 0 Å². The van der Waals surface area contributed by atoms with E-state index in [4.69, 9.17) is 0 Å². The van der Waals surface area contributed by atoms with Gasteiger partial charge in [-0.15, -0.1) is 0 Å². The van der Waals surface area contributed by atoms with Crippen LogP contribution in [0.1, 0.15) is 30.9 Å². The number of nitrogens with one attached hydrogen (secondary N) is 1. The van der Waals surface area contributed by atoms with Gasteiger partial charge in [0.25, 0.3) is 0 Å². The van der Waals surface area contributed by atoms with E-state index in [2.05, 4.69) is 28.1 Å². The van der Waals surface area contributed by atoms with Gasteiger partial charge in [-0.1, -0.05) is 18.6 Å². The highest BCUT2D eigenvalue weighted by molar-refractivity contribution is 5.79. The summed E-state index contributed by atoms with van der Waals surface area (Å²) in [4.78, 5) is 5.56. The van der Waals surface area contributed by atoms with Crippen LogP contribution in [0.2, 0.25) is 0 Å². The van der Waals surface area contributed by atoms with E-state index < -0.39 is 0 Å². The minimum atomic E-state index is -0.379. The summed E-state index contributed by atoms with van der Waals surface area (Å²) in [5, 5.41) is 11.5. The molecule has 96 valence electrons. The van der Waals surface area contributed by atoms with Crippen molar-refractivity contribution in [3.05, 3.63) is 36.0 Å². The molecule has 1 fully saturated rings. The number of benzene rings is 1. The summed E-state index contributed by atoms with van der Waals surface area (Å²) in [5.74, 6) is 0. The second-order valence-electron chi connectivity index (χ2n) is 5.20. The fraction of sp³-hybridized carbons (Fsp3) is 0.467. The topological polar surface area (TPSA) is 39.3 Å². The molecule has 1 aromatic carbocycles. The Hall–Kier alpha value is -1.32. The van der Waals surface area contributed by atoms with Gasteiger partial charge in [0, 0.05) is 18.3 Å². The lowest BCUT2D eigenvalue weighted by atomic mass is 10.1. The maximum atomic E-state index is 10.3. The quantitative estimate of drug-likeness (QED) is 0.871. The first kappa shape index (κ1) is 11.8. The molecule has 0 bridgehead atoms. The Kier molecular flexibility index (Phi) is 3.35. The number of fused-ring (bicyclic) bond motifs is 1. The number of aliphatic hydroxyl groups excluding tert-OH is 1. The van der Waals surface area contributed by atoms with Crippen LogP contribution in [0, 0.1) is 0 Å². The molecule has 3 rings (SSSR count). The van der Waals surface area contributed by atoms with Gasteiger partial charge in [0.15, 0.2) is 0 Å². The zero-order chi connectivity index (χ0) is 12.4. The smallest absolute Gasteiger partial charge is 0.0917 e. The molecule has 3 heteroatoms. The Balaban J connectivity index is 1.72. The van der Waals surface area contributed by atoms with Gasteiger partial charge in [-0.25, -0.2) is 0 Å². The average molecular weight is 244 g/mol. The van der Waals surface area contributed by atoms with Crippen molar-refractivity contribution in [2.45, 2.75) is 25.4 Å². The Morgan fingerprint density at radius 3 is 2.83 bits per heavy atom. The van der Waals surface area contributed by atoms with Gasteiger partial charge >= 0.3 is 0 Å². The third kappa shape index (κ3) is 2.42. The van der Waals surface area contributed by atoms with Crippen LogP contribution in [0.4, 0.5) is 0 Å². The number of likely N-dealkylation sites (tertiary alicyclic amines) is 1. The predicted octanol–water partition coefficient (Wildman–Crippen LogP) is 2.69. The number of aliphatic hydroxyl groups is 1. The predicted molar refractivity (Wildman–Crippen MR) is 73.5 cm³/mol. The van der Waals surface area contributed by atoms with Crippen LogP contribution in [0.5, 0.6) is 0 Å². The number of piperidine rings is 1. The van der Waals surface area contributed by atoms with Crippen LogP contribution in [0.3, 0.4) is 0 Å². The van der Waals surface area contributed by atoms with Crippen LogP contribution in [0.15, 0.2) is 30.5 Å². The zero-order valence-corrected chi connectivity index (χ0v) is 10.6. The Bertz CT molecular complexity index is 514. The summed E-state index contributed by atoms with van der Waals surface area (Å²) >= 11 is 0. The van der Waals surface area contributed by atoms with Crippen molar-refractivity contribution in [3.8, 4) is 0 Å². The van der Waals surface area contributed by atoms with Crippen molar-refractivity contribution in [1.29, 1.82) is 0 Å². The molecule has 1 saturated heterocycles. The van der Waals surface area contributed by atoms with Crippen LogP contribution in [-0.2, 0) is 0 Å². The van der Waals surface area contributed by atoms with E-state index in [1.807, 2.05) is 12.3 Å². The molecule has 0 spiro atoms. The maximum absolute atomic E-state index is 10.3. The van der Waals surface area contributed by atoms with E-state index in [0.717, 1.165) is 30.7 Å². The molecular weight excluding hydrogens is 224 g/mol. The van der Waals surface area contributed by atoms with Gasteiger partial charge in [-0.3, -0.25) is 0 Å². The number of rotatable bonds is 3. The van der Waals surface area contributed by atoms with Crippen LogP contribution in [0.25, 0.3) is 10.9 Å². The number of H-pyrrole nitrogens is 1. The van der Waals surface area contributed by atoms with Crippen molar-refractivity contribution in [2.75, 3.05) is 19.6 Å². The molecule has 1 aliphatic heterocycles. The van der Waals surface area contributed by atoms with E-state index in [1.165, 1.54) is 24.6 Å². The molecular formula is C15H20N2O. The van der Waals surface area contributed by atoms with Gasteiger partial charge in [0.05, 0.1) is 6.10 Å². The average Bonchev–Trinajstić information content (AvgIpc) is 2.87. The number of aromatic amines is 1. The van der Waals surface area contributed by atoms with Crippen molar-refractivity contribution in [2.24, 2.45) is 0 Å². The fourth-order valence-electron chi connectivity index (χ4n) is 2.76. The third-order valence-corrected chi connectivity index (χ3v) is 3.84. The summed E-state index contributed by atoms with van der Waals surface area (Å²) in [6.07, 6.45) is 5.42. The molecule has 1 aromatic heterocycles. The van der Waals surface area contributed by atoms with Crippen molar-refractivity contribution in [1.82, 2.24) is 9.88 Å². The summed E-state index contributed by atoms with van der Waals surface area (Å²) < 4.78 is 0. The van der Waals surface area contributed by atoms with E-state index >= 15 is 0 Å². The lowest BCUT2D eigenvalue weighted by molar-refractivity contribution is 0.102. The molecule has 0 unspecified atom stereocenters. The highest BCUT2D eigenvalue weighted by Gasteiger charge is 2.16. The van der Waals surface area contributed by atoms with Gasteiger partial charge < -0.3 is 15.0 Å². The zero-order valence-electron chi connectivity index (χ0n) is 10.6. The summed E-state index contributed by atoms with van der Waals surface area (Å²) in [7, 11) is 0. The molecule has 1 aliphatic rings. The molecule has 0 radical (unpaired) electrons. The number of β-amino-alcohol motifs (C(OH)–C–C–N with tert-alkyl or cyclic N) is 1. The summed E-state index contributed by atoms with van der Waals surface area (Å²) in [6.45, 7) is 3.01. The number of aromatic nitrogens is 1. The summed E-state index contributed by atoms with van der Waals surface area (Å²) in [5.41, 5.74) is 2.11. The first-order valence-corrected chi connectivity index (χ1v) is 6.80. The van der Waals surface area contributed by atoms with Crippen LogP contribution in [-0.4, -0.2) is 34.6 Å². The van der Waals surface area contributed by atoms with Crippen molar-refractivity contribution >= 4 is 10.9 Å². The van der Waals surface area contributed by atoms with Gasteiger partial charge in [0.1, 0.15) is 0 Å². The molecule has 1 atom stereocenters. The molecule has 3 nitrogen and oxygen atoms in total. The molecule has 2 aromatic rings. The first-order valence-electron chi connectivity index (χ1n) is 6.80. The number of hydrogen-bond donors (Lipinski definition) is 2. The second kappa shape index (κ2) is 5.12. The van der Waals surface area contributed by atoms with E-state index in [-0.39, 0.29) is 6.10 Å². The number of nitrogens with zero attached hydrogens (tertiary/aromatic N) is 1. The number of hydrogen-bond acceptors (Lipinski definition) is 2. The fourth-order valence-corrected chi connectivity index (χ4v) is 2.76. The third-order valence-electron chi connectivity index (χ3n) is 3.84. The monoisotopic (exact) mass is 244 g/mol. The lowest BCUT2D eigenvalue weighted by Gasteiger charge is -2.28. The SMILES string of the molecule is O[C@@H](CN1CCCCC1)c1ccc2cc[nH]c2c1. The van der Waals surface area contributed by atoms with E-state index in [9.17, 15) is 5.11 Å². The Morgan fingerprint density at radius 2 is 2.00 bits per heavy atom. The molecule has 2 N–H and O–H groups in total. The first-order chi connectivity index (χ1) is 8.83. The largest absolute Gasteiger partial charge is 0.387 e. The minimum absolute atomic E-state index is 0.379. The normalized spacial score (nSPS) is 19.2. The van der Waals surface area contributed by atoms with E-state index in [1.54, 1.807) is 0 Å². The molecule has 0 amide bonds. The van der Waals surface area contributed by atoms with E-state index in [0.29, 0.717) is 0 Å². The highest BCUT2D eigenvalue weighted by Crippen LogP contribution is 2.21. The van der Waals surface area contributed by atoms with Crippen LogP contribution < -0.4 is 0 Å². The maximum Gasteiger partial charge on any atom is 0.0917 e. The molecule has 0 saturated carbocycles. The Labute approximate surface area is 107 Å². The Morgan fingerprint density at radius 1 is 1.17 bits per heavy atom. The summed E-state index contributed by atoms with van der Waals surface area (Å²) in [6, 6.07) is 8.21. The molecule has 18 heavy (non-hydrogen) atoms. The lowest BCUT2D eigenvalue weighted by Crippen LogP contribution is -2.33. The molecule has 0 aliphatic carbocycles. The van der Waals surface area contributed by atoms with Crippen molar-refractivity contribution < 1.29 is 5.11 Å². The minimum Gasteiger partial charge on any atom is -0.387 e. The van der Waals surface area contributed by atoms with Crippen molar-refractivity contribution in [3.63, 3.8) is 0 Å². The highest BCUT2D eigenvalue weighted by atomic mass is 16.3. The molecule has 2 heterocycles.